The largest absolute Gasteiger partial charge is 0.293 e. The van der Waals surface area contributed by atoms with E-state index >= 15 is 0 Å². The van der Waals surface area contributed by atoms with Crippen molar-refractivity contribution in [3.63, 3.8) is 0 Å². The van der Waals surface area contributed by atoms with Crippen molar-refractivity contribution in [2.75, 3.05) is 0 Å². The first-order valence-electron chi connectivity index (χ1n) is 5.98. The lowest BCUT2D eigenvalue weighted by Crippen LogP contribution is -2.00. The summed E-state index contributed by atoms with van der Waals surface area (Å²) in [5.41, 5.74) is 0.996. The number of benzene rings is 2. The van der Waals surface area contributed by atoms with Crippen LogP contribution in [0.1, 0.15) is 15.2 Å². The molecule has 3 aromatic rings. The number of Topliss-reactive ketones (excluding diaryl/α,β-unsaturated/α-hetero) is 1. The summed E-state index contributed by atoms with van der Waals surface area (Å²) in [7, 11) is 0. The Hall–Kier alpha value is -2.00. The molecular weight excluding hydrogens is 259 g/mol. The molecule has 1 nitrogen and oxygen atoms in total. The Labute approximate surface area is 114 Å². The van der Waals surface area contributed by atoms with Crippen LogP contribution in [0.25, 0.3) is 10.1 Å². The van der Waals surface area contributed by atoms with Gasteiger partial charge in [0.05, 0.1) is 4.88 Å². The van der Waals surface area contributed by atoms with Crippen LogP contribution in [0.15, 0.2) is 54.6 Å². The molecule has 0 N–H and O–H groups in total. The molecule has 0 aliphatic carbocycles. The number of hydrogen-bond acceptors (Lipinski definition) is 2. The standard InChI is InChI=1S/C16H11FOS/c17-13-7-6-12-9-16(19-15(12)10-13)14(18)8-11-4-2-1-3-5-11/h1-7,9-10H,8H2. The normalized spacial score (nSPS) is 10.8. The molecule has 19 heavy (non-hydrogen) atoms. The van der Waals surface area contributed by atoms with E-state index in [0.717, 1.165) is 15.6 Å². The summed E-state index contributed by atoms with van der Waals surface area (Å²) < 4.78 is 13.9. The Balaban J connectivity index is 1.89. The second-order valence-electron chi connectivity index (χ2n) is 4.38. The van der Waals surface area contributed by atoms with Crippen molar-refractivity contribution in [3.8, 4) is 0 Å². The molecule has 0 fully saturated rings. The highest BCUT2D eigenvalue weighted by atomic mass is 32.1. The summed E-state index contributed by atoms with van der Waals surface area (Å²) in [6.07, 6.45) is 0.385. The zero-order valence-corrected chi connectivity index (χ0v) is 10.9. The maximum atomic E-state index is 13.1. The van der Waals surface area contributed by atoms with Crippen molar-refractivity contribution in [1.29, 1.82) is 0 Å². The van der Waals surface area contributed by atoms with E-state index in [4.69, 9.17) is 0 Å². The van der Waals surface area contributed by atoms with Gasteiger partial charge in [0.2, 0.25) is 0 Å². The highest BCUT2D eigenvalue weighted by molar-refractivity contribution is 7.20. The molecule has 1 aromatic heterocycles. The van der Waals surface area contributed by atoms with Crippen molar-refractivity contribution in [2.45, 2.75) is 6.42 Å². The number of ketones is 1. The molecule has 0 aliphatic rings. The van der Waals surface area contributed by atoms with Gasteiger partial charge in [0.1, 0.15) is 5.82 Å². The third kappa shape index (κ3) is 2.56. The Kier molecular flexibility index (Phi) is 3.13. The van der Waals surface area contributed by atoms with Gasteiger partial charge in [-0.05, 0) is 29.1 Å². The molecule has 0 amide bonds. The maximum Gasteiger partial charge on any atom is 0.177 e. The van der Waals surface area contributed by atoms with Gasteiger partial charge in [0.25, 0.3) is 0 Å². The van der Waals surface area contributed by atoms with Gasteiger partial charge in [0, 0.05) is 11.1 Å². The second-order valence-corrected chi connectivity index (χ2v) is 5.46. The number of carbonyl (C=O) groups excluding carboxylic acids is 1. The van der Waals surface area contributed by atoms with E-state index in [-0.39, 0.29) is 11.6 Å². The van der Waals surface area contributed by atoms with Crippen LogP contribution in [-0.2, 0) is 6.42 Å². The van der Waals surface area contributed by atoms with Gasteiger partial charge in [-0.3, -0.25) is 4.79 Å². The molecule has 0 aliphatic heterocycles. The average Bonchev–Trinajstić information content (AvgIpc) is 2.83. The quantitative estimate of drug-likeness (QED) is 0.642. The van der Waals surface area contributed by atoms with Gasteiger partial charge >= 0.3 is 0 Å². The van der Waals surface area contributed by atoms with Crippen LogP contribution >= 0.6 is 11.3 Å². The number of halogens is 1. The van der Waals surface area contributed by atoms with Gasteiger partial charge in [-0.2, -0.15) is 0 Å². The lowest BCUT2D eigenvalue weighted by molar-refractivity contribution is 0.0997. The van der Waals surface area contributed by atoms with Gasteiger partial charge in [-0.1, -0.05) is 36.4 Å². The van der Waals surface area contributed by atoms with E-state index in [1.165, 1.54) is 23.5 Å². The Morgan fingerprint density at radius 3 is 2.63 bits per heavy atom. The second kappa shape index (κ2) is 4.94. The fourth-order valence-corrected chi connectivity index (χ4v) is 3.04. The van der Waals surface area contributed by atoms with Crippen molar-refractivity contribution in [1.82, 2.24) is 0 Å². The van der Waals surface area contributed by atoms with Crippen LogP contribution < -0.4 is 0 Å². The fraction of sp³-hybridized carbons (Fsp3) is 0.0625. The highest BCUT2D eigenvalue weighted by Gasteiger charge is 2.11. The van der Waals surface area contributed by atoms with Crippen molar-refractivity contribution in [2.24, 2.45) is 0 Å². The van der Waals surface area contributed by atoms with Crippen molar-refractivity contribution < 1.29 is 9.18 Å². The minimum atomic E-state index is -0.267. The SMILES string of the molecule is O=C(Cc1ccccc1)c1cc2ccc(F)cc2s1. The third-order valence-electron chi connectivity index (χ3n) is 2.96. The highest BCUT2D eigenvalue weighted by Crippen LogP contribution is 2.27. The monoisotopic (exact) mass is 270 g/mol. The van der Waals surface area contributed by atoms with E-state index in [1.807, 2.05) is 36.4 Å². The number of thiophene rings is 1. The predicted octanol–water partition coefficient (Wildman–Crippen LogP) is 4.47. The zero-order valence-electron chi connectivity index (χ0n) is 10.1. The molecule has 94 valence electrons. The van der Waals surface area contributed by atoms with E-state index in [2.05, 4.69) is 0 Å². The number of rotatable bonds is 3. The average molecular weight is 270 g/mol. The van der Waals surface area contributed by atoms with E-state index in [9.17, 15) is 9.18 Å². The lowest BCUT2D eigenvalue weighted by atomic mass is 10.1. The maximum absolute atomic E-state index is 13.1. The summed E-state index contributed by atoms with van der Waals surface area (Å²) >= 11 is 1.35. The number of hydrogen-bond donors (Lipinski definition) is 0. The van der Waals surface area contributed by atoms with Crippen molar-refractivity contribution >= 4 is 27.2 Å². The Morgan fingerprint density at radius 2 is 1.84 bits per heavy atom. The first kappa shape index (κ1) is 12.1. The fourth-order valence-electron chi connectivity index (χ4n) is 2.01. The lowest BCUT2D eigenvalue weighted by Gasteiger charge is -1.97. The molecule has 2 aromatic carbocycles. The summed E-state index contributed by atoms with van der Waals surface area (Å²) in [5.74, 6) is -0.191. The third-order valence-corrected chi connectivity index (χ3v) is 4.10. The van der Waals surface area contributed by atoms with Gasteiger partial charge < -0.3 is 0 Å². The first-order chi connectivity index (χ1) is 9.22. The van der Waals surface area contributed by atoms with Gasteiger partial charge in [-0.15, -0.1) is 11.3 Å². The van der Waals surface area contributed by atoms with E-state index in [1.54, 1.807) is 6.07 Å². The van der Waals surface area contributed by atoms with E-state index < -0.39 is 0 Å². The minimum absolute atomic E-state index is 0.0767. The Bertz CT molecular complexity index is 731. The molecule has 0 saturated carbocycles. The predicted molar refractivity (Wildman–Crippen MR) is 76.3 cm³/mol. The summed E-state index contributed by atoms with van der Waals surface area (Å²) in [5, 5.41) is 0.919. The van der Waals surface area contributed by atoms with E-state index in [0.29, 0.717) is 11.3 Å². The number of carbonyl (C=O) groups is 1. The van der Waals surface area contributed by atoms with Gasteiger partial charge in [-0.25, -0.2) is 4.39 Å². The van der Waals surface area contributed by atoms with Crippen LogP contribution in [0, 0.1) is 5.82 Å². The molecule has 3 rings (SSSR count). The summed E-state index contributed by atoms with van der Waals surface area (Å²) in [6.45, 7) is 0. The first-order valence-corrected chi connectivity index (χ1v) is 6.80. The molecule has 0 saturated heterocycles. The molecule has 1 heterocycles. The molecule has 0 atom stereocenters. The molecule has 0 unspecified atom stereocenters. The van der Waals surface area contributed by atoms with Crippen molar-refractivity contribution in [3.05, 3.63) is 70.9 Å². The zero-order chi connectivity index (χ0) is 13.2. The summed E-state index contributed by atoms with van der Waals surface area (Å²) in [4.78, 5) is 12.9. The minimum Gasteiger partial charge on any atom is -0.293 e. The van der Waals surface area contributed by atoms with Crippen LogP contribution in [0.3, 0.4) is 0 Å². The Morgan fingerprint density at radius 1 is 1.05 bits per heavy atom. The van der Waals surface area contributed by atoms with Gasteiger partial charge in [0.15, 0.2) is 5.78 Å². The molecular formula is C16H11FOS. The van der Waals surface area contributed by atoms with Crippen LogP contribution in [0.4, 0.5) is 4.39 Å². The van der Waals surface area contributed by atoms with Crippen LogP contribution in [0.2, 0.25) is 0 Å². The smallest absolute Gasteiger partial charge is 0.177 e. The molecule has 3 heteroatoms. The summed E-state index contributed by atoms with van der Waals surface area (Å²) in [6, 6.07) is 16.1. The number of fused-ring (bicyclic) bond motifs is 1. The van der Waals surface area contributed by atoms with Crippen LogP contribution in [-0.4, -0.2) is 5.78 Å². The molecule has 0 spiro atoms. The topological polar surface area (TPSA) is 17.1 Å². The molecule has 0 radical (unpaired) electrons. The molecule has 0 bridgehead atoms. The van der Waals surface area contributed by atoms with Crippen LogP contribution in [0.5, 0.6) is 0 Å².